The molecule has 0 heterocycles. The number of urea groups is 1. The molecule has 0 aromatic heterocycles. The molecule has 21 N–H and O–H groups in total. The minimum atomic E-state index is -1.78. The van der Waals surface area contributed by atoms with Crippen LogP contribution in [0.3, 0.4) is 0 Å². The Morgan fingerprint density at radius 2 is 1.12 bits per heavy atom. The number of aromatic hydroxyl groups is 1. The number of hydrogen-bond donors (Lipinski definition) is 20. The summed E-state index contributed by atoms with van der Waals surface area (Å²) in [5, 5.41) is 78.3. The van der Waals surface area contributed by atoms with Crippen molar-refractivity contribution in [2.45, 2.75) is 198 Å². The van der Waals surface area contributed by atoms with E-state index in [4.69, 9.17) is 17.9 Å². The van der Waals surface area contributed by atoms with Gasteiger partial charge in [-0.25, -0.2) is 4.79 Å². The number of imide groups is 1. The first-order chi connectivity index (χ1) is 53.0. The predicted molar refractivity (Wildman–Crippen MR) is 432 cm³/mol. The van der Waals surface area contributed by atoms with Crippen molar-refractivity contribution in [2.24, 2.45) is 22.8 Å². The van der Waals surface area contributed by atoms with Crippen LogP contribution in [-0.4, -0.2) is 182 Å². The second kappa shape index (κ2) is 46.9. The molecule has 34 heteroatoms. The summed E-state index contributed by atoms with van der Waals surface area (Å²) in [7, 11) is 0. The first kappa shape index (κ1) is 92.8. The van der Waals surface area contributed by atoms with Crippen LogP contribution in [0.1, 0.15) is 120 Å². The lowest BCUT2D eigenvalue weighted by atomic mass is 9.91. The number of primary amides is 1. The molecule has 0 aliphatic rings. The molecular formula is C78H107N15O16S3. The number of rotatable bonds is 48. The van der Waals surface area contributed by atoms with Gasteiger partial charge in [-0.1, -0.05) is 142 Å². The molecule has 0 saturated heterocycles. The number of carbonyl (C=O) groups is 12. The normalized spacial score (nSPS) is 14.9. The van der Waals surface area contributed by atoms with E-state index >= 15 is 0 Å². The van der Waals surface area contributed by atoms with E-state index in [9.17, 15) is 78.0 Å². The number of carboxylic acids is 3. The third-order valence-corrected chi connectivity index (χ3v) is 20.0. The molecule has 0 aliphatic heterocycles. The molecule has 13 atom stereocenters. The number of thioether (sulfide) groups is 2. The van der Waals surface area contributed by atoms with Crippen LogP contribution in [0.2, 0.25) is 0 Å². The lowest BCUT2D eigenvalue weighted by Gasteiger charge is -2.36. The maximum Gasteiger partial charge on any atom is 0.322 e. The number of carboxylic acid groups (broad SMARTS) is 3. The van der Waals surface area contributed by atoms with E-state index in [1.165, 1.54) is 47.8 Å². The van der Waals surface area contributed by atoms with Gasteiger partial charge in [0.05, 0.1) is 68.0 Å². The van der Waals surface area contributed by atoms with E-state index in [2.05, 4.69) is 87.7 Å². The topological polar surface area (TPSA) is 494 Å². The summed E-state index contributed by atoms with van der Waals surface area (Å²) in [5.74, 6) is -7.06. The van der Waals surface area contributed by atoms with Crippen molar-refractivity contribution in [1.82, 2.24) is 69.1 Å². The van der Waals surface area contributed by atoms with Gasteiger partial charge >= 0.3 is 23.9 Å². The highest BCUT2D eigenvalue weighted by molar-refractivity contribution is 7.98. The summed E-state index contributed by atoms with van der Waals surface area (Å²) in [5.41, 5.74) is 15.9. The Kier molecular flexibility index (Phi) is 38.8. The number of amides is 10. The summed E-state index contributed by atoms with van der Waals surface area (Å²) in [6.07, 6.45) is -2.18. The Morgan fingerprint density at radius 3 is 1.73 bits per heavy atom. The number of nitrogens with one attached hydrogen (secondary N) is 13. The Morgan fingerprint density at radius 1 is 0.536 bits per heavy atom. The SMILES string of the molecule is C#CCC(=O)NC(C)C(=O)NC(CSCc1cc(C)cc(CSCC(NC(NC(=O)C(CC(=O)O)NC(=O)C(Cc2ccc(O)cc2)NC(Cc2ccccc2)NC(=O)NC(=O)C(CCC(=O)O)NC(=O)C(CS)N[C@H](C)NC(Cc2cccc3ccccc23)NC(=O)C(C)CCC(=O)O)C(C)(C)C)C(N)=O)c1)NC(C)N. The third-order valence-electron chi connectivity index (χ3n) is 17.5. The Labute approximate surface area is 666 Å². The molecule has 12 unspecified atom stereocenters. The van der Waals surface area contributed by atoms with Gasteiger partial charge in [-0.3, -0.25) is 84.6 Å². The predicted octanol–water partition coefficient (Wildman–Crippen LogP) is 3.03. The van der Waals surface area contributed by atoms with Gasteiger partial charge < -0.3 is 69.1 Å². The van der Waals surface area contributed by atoms with Gasteiger partial charge in [-0.05, 0) is 103 Å². The number of aryl methyl sites for hydroxylation is 1. The lowest BCUT2D eigenvalue weighted by Crippen LogP contribution is -2.64. The number of aliphatic carboxylic acids is 3. The van der Waals surface area contributed by atoms with Gasteiger partial charge in [0.1, 0.15) is 23.9 Å². The van der Waals surface area contributed by atoms with Crippen LogP contribution in [0.15, 0.2) is 115 Å². The molecular weight excluding hydrogens is 1500 g/mol. The van der Waals surface area contributed by atoms with Crippen LogP contribution < -0.4 is 80.6 Å². The second-order valence-corrected chi connectivity index (χ2v) is 30.9. The minimum Gasteiger partial charge on any atom is -0.508 e. The summed E-state index contributed by atoms with van der Waals surface area (Å²) >= 11 is 7.32. The molecule has 608 valence electrons. The molecule has 5 aromatic carbocycles. The van der Waals surface area contributed by atoms with Crippen LogP contribution in [0, 0.1) is 30.6 Å². The van der Waals surface area contributed by atoms with Crippen molar-refractivity contribution in [3.05, 3.63) is 149 Å². The molecule has 112 heavy (non-hydrogen) atoms. The molecule has 31 nitrogen and oxygen atoms in total. The average molecular weight is 1610 g/mol. The highest BCUT2D eigenvalue weighted by Gasteiger charge is 2.37. The van der Waals surface area contributed by atoms with Gasteiger partial charge in [0.15, 0.2) is 0 Å². The maximum atomic E-state index is 14.9. The fourth-order valence-electron chi connectivity index (χ4n) is 11.8. The van der Waals surface area contributed by atoms with Gasteiger partial charge in [0.2, 0.25) is 41.4 Å². The summed E-state index contributed by atoms with van der Waals surface area (Å²) in [6.45, 7) is 13.7. The molecule has 0 spiro atoms. The van der Waals surface area contributed by atoms with E-state index in [0.717, 1.165) is 33.0 Å². The van der Waals surface area contributed by atoms with Crippen molar-refractivity contribution in [3.8, 4) is 18.1 Å². The van der Waals surface area contributed by atoms with Gasteiger partial charge in [-0.15, -0.1) is 6.42 Å². The number of thiol groups is 1. The van der Waals surface area contributed by atoms with Crippen LogP contribution in [0.25, 0.3) is 10.8 Å². The van der Waals surface area contributed by atoms with Crippen molar-refractivity contribution >= 4 is 118 Å². The first-order valence-corrected chi connectivity index (χ1v) is 39.4. The molecule has 0 radical (unpaired) electrons. The van der Waals surface area contributed by atoms with Gasteiger partial charge in [-0.2, -0.15) is 36.2 Å². The van der Waals surface area contributed by atoms with Gasteiger partial charge in [0.25, 0.3) is 5.91 Å². The van der Waals surface area contributed by atoms with E-state index in [-0.39, 0.29) is 55.8 Å². The molecule has 10 amide bonds. The van der Waals surface area contributed by atoms with Crippen molar-refractivity contribution in [2.75, 3.05) is 17.3 Å². The summed E-state index contributed by atoms with van der Waals surface area (Å²) in [6, 6.07) is 24.5. The second-order valence-electron chi connectivity index (χ2n) is 28.4. The summed E-state index contributed by atoms with van der Waals surface area (Å²) in [4.78, 5) is 160. The Balaban J connectivity index is 1.31. The van der Waals surface area contributed by atoms with Gasteiger partial charge in [0, 0.05) is 60.4 Å². The fraction of sp³-hybridized carbons (Fsp3) is 0.462. The molecule has 0 aliphatic carbocycles. The number of nitrogens with two attached hydrogens (primary N) is 2. The lowest BCUT2D eigenvalue weighted by molar-refractivity contribution is -0.141. The van der Waals surface area contributed by atoms with Crippen molar-refractivity contribution in [3.63, 3.8) is 0 Å². The Hall–Kier alpha value is -9.83. The quantitative estimate of drug-likeness (QED) is 0.0151. The minimum absolute atomic E-state index is 0.0724. The van der Waals surface area contributed by atoms with E-state index in [1.807, 2.05) is 67.6 Å². The molecule has 0 saturated carbocycles. The maximum absolute atomic E-state index is 14.9. The monoisotopic (exact) mass is 1610 g/mol. The van der Waals surface area contributed by atoms with E-state index in [0.29, 0.717) is 28.4 Å². The van der Waals surface area contributed by atoms with Crippen molar-refractivity contribution in [1.29, 1.82) is 0 Å². The number of benzene rings is 5. The molecule has 0 bridgehead atoms. The van der Waals surface area contributed by atoms with E-state index in [1.54, 1.807) is 78.8 Å². The zero-order valence-corrected chi connectivity index (χ0v) is 66.6. The number of hydrogen-bond acceptors (Lipinski definition) is 22. The number of fused-ring (bicyclic) bond motifs is 1. The average Bonchev–Trinajstić information content (AvgIpc) is 0.826. The zero-order chi connectivity index (χ0) is 82.8. The zero-order valence-electron chi connectivity index (χ0n) is 64.1. The van der Waals surface area contributed by atoms with Crippen LogP contribution in [0.5, 0.6) is 5.75 Å². The smallest absolute Gasteiger partial charge is 0.322 e. The number of phenolic OH excluding ortho intramolecular Hbond substituents is 1. The Bertz CT molecular complexity index is 4050. The third kappa shape index (κ3) is 34.0. The molecule has 5 rings (SSSR count). The molecule has 0 fully saturated rings. The number of phenols is 1. The van der Waals surface area contributed by atoms with E-state index < -0.39 is 175 Å². The highest BCUT2D eigenvalue weighted by atomic mass is 32.2. The van der Waals surface area contributed by atoms with Crippen LogP contribution >= 0.6 is 36.2 Å². The fourth-order valence-corrected chi connectivity index (χ4v) is 14.0. The number of terminal acetylenes is 1. The van der Waals surface area contributed by atoms with Crippen LogP contribution in [-0.2, 0) is 83.5 Å². The highest BCUT2D eigenvalue weighted by Crippen LogP contribution is 2.25. The largest absolute Gasteiger partial charge is 0.508 e. The standard InChI is InChI=1S/C78H107N15O16S3/c1-10-17-65(95)81-46(4)71(104)90-64(82-47(5)79)43-112-41-52-33-44(2)32-51(34-52)40-111-42-61(69(80)102)88-76(78(7,8)9)92-74(107)59(38-68(100)101)87-73(106)58(35-50-25-27-55(94)28-26-50)85-62(36-49-18-12-11-13-19-49)91-77(109)93-72(105)57(29-31-67(98)99)86-75(108)60(39-110)83-48(6)84-63(89-70(103)45(3)24-30-66(96)97)37-54-22-16-21-53-20-14-15-23-56(53)54/h1,11-16,18-23,25-28,32-34,45-48,57-64,76,82-85,88,94,110H,17,24,29-31,35-43,79H2,2-9H3,(H2,80,102)(H,81,95)(H,86,108)(H,87,106)(H,89,103)(H,90,104)(H,92,107)(H,96,97)(H,98,99)(H,100,101)(H2,91,93,105,109)/t45?,46?,47?,48-,57?,58?,59?,60?,61?,62?,63?,64?,76?/m0/s1. The van der Waals surface area contributed by atoms with Crippen LogP contribution in [0.4, 0.5) is 4.79 Å². The first-order valence-electron chi connectivity index (χ1n) is 36.5. The molecule has 5 aromatic rings. The number of carbonyl (C=O) groups excluding carboxylic acids is 9. The van der Waals surface area contributed by atoms with Crippen molar-refractivity contribution < 1.29 is 78.0 Å². The summed E-state index contributed by atoms with van der Waals surface area (Å²) < 4.78 is 0.